The highest BCUT2D eigenvalue weighted by atomic mass is 32.2. The summed E-state index contributed by atoms with van der Waals surface area (Å²) < 4.78 is 43.8. The molecule has 0 aromatic heterocycles. The largest absolute Gasteiger partial charge is 0.497 e. The van der Waals surface area contributed by atoms with E-state index in [2.05, 4.69) is 4.99 Å². The van der Waals surface area contributed by atoms with Gasteiger partial charge in [-0.25, -0.2) is 4.99 Å². The Kier molecular flexibility index (Phi) is 7.00. The number of hydrogen-bond donors (Lipinski definition) is 0. The summed E-state index contributed by atoms with van der Waals surface area (Å²) in [7, 11) is 1.58. The molecule has 0 aliphatic rings. The summed E-state index contributed by atoms with van der Waals surface area (Å²) in [6.45, 7) is 2.02. The quantitative estimate of drug-likeness (QED) is 0.301. The number of thioether (sulfide) groups is 1. The van der Waals surface area contributed by atoms with Crippen LogP contribution < -0.4 is 4.74 Å². The van der Waals surface area contributed by atoms with Crippen LogP contribution in [0, 0.1) is 6.92 Å². The predicted octanol–water partition coefficient (Wildman–Crippen LogP) is 7.45. The molecule has 0 saturated heterocycles. The minimum Gasteiger partial charge on any atom is -0.497 e. The van der Waals surface area contributed by atoms with Gasteiger partial charge in [-0.2, -0.15) is 13.2 Å². The Morgan fingerprint density at radius 2 is 1.53 bits per heavy atom. The summed E-state index contributed by atoms with van der Waals surface area (Å²) >= 11 is 1.51. The maximum Gasteiger partial charge on any atom is 0.416 e. The van der Waals surface area contributed by atoms with E-state index in [1.54, 1.807) is 37.5 Å². The standard InChI is InChI=1S/C24H20F3NOS/c1-17-3-13-22(14-4-17)30-16-15-23(28-20-9-11-21(29-2)12-10-20)18-5-7-19(8-6-18)24(25,26)27/h3-16H,1-2H3/b16-15+,28-23?. The number of benzene rings is 3. The molecule has 0 atom stereocenters. The first-order valence-corrected chi connectivity index (χ1v) is 10.0. The van der Waals surface area contributed by atoms with Crippen LogP contribution in [0.1, 0.15) is 16.7 Å². The first-order valence-electron chi connectivity index (χ1n) is 9.15. The van der Waals surface area contributed by atoms with E-state index in [0.29, 0.717) is 22.7 Å². The molecule has 0 fully saturated rings. The van der Waals surface area contributed by atoms with Gasteiger partial charge >= 0.3 is 6.18 Å². The van der Waals surface area contributed by atoms with E-state index >= 15 is 0 Å². The highest BCUT2D eigenvalue weighted by Crippen LogP contribution is 2.29. The summed E-state index contributed by atoms with van der Waals surface area (Å²) in [5.41, 5.74) is 2.33. The fourth-order valence-electron chi connectivity index (χ4n) is 2.62. The Bertz CT molecular complexity index is 1020. The molecule has 0 heterocycles. The Labute approximate surface area is 178 Å². The Hall–Kier alpha value is -2.99. The lowest BCUT2D eigenvalue weighted by molar-refractivity contribution is -0.137. The summed E-state index contributed by atoms with van der Waals surface area (Å²) in [5.74, 6) is 0.704. The number of aryl methyl sites for hydroxylation is 1. The number of rotatable bonds is 6. The normalized spacial score (nSPS) is 12.4. The lowest BCUT2D eigenvalue weighted by Gasteiger charge is -2.08. The lowest BCUT2D eigenvalue weighted by atomic mass is 10.1. The molecule has 0 saturated carbocycles. The number of ether oxygens (including phenoxy) is 1. The zero-order chi connectivity index (χ0) is 21.6. The number of halogens is 3. The summed E-state index contributed by atoms with van der Waals surface area (Å²) in [6, 6.07) is 20.3. The average Bonchev–Trinajstić information content (AvgIpc) is 2.74. The van der Waals surface area contributed by atoms with Crippen molar-refractivity contribution in [3.05, 3.63) is 101 Å². The predicted molar refractivity (Wildman–Crippen MR) is 117 cm³/mol. The fourth-order valence-corrected chi connectivity index (χ4v) is 3.27. The average molecular weight is 427 g/mol. The van der Waals surface area contributed by atoms with E-state index in [9.17, 15) is 13.2 Å². The van der Waals surface area contributed by atoms with Crippen LogP contribution >= 0.6 is 11.8 Å². The van der Waals surface area contributed by atoms with Crippen LogP contribution in [0.15, 0.2) is 94.2 Å². The lowest BCUT2D eigenvalue weighted by Crippen LogP contribution is -2.05. The van der Waals surface area contributed by atoms with Crippen LogP contribution in [0.2, 0.25) is 0 Å². The molecular formula is C24H20F3NOS. The van der Waals surface area contributed by atoms with Gasteiger partial charge in [0.1, 0.15) is 5.75 Å². The molecule has 3 rings (SSSR count). The van der Waals surface area contributed by atoms with Crippen molar-refractivity contribution >= 4 is 23.2 Å². The number of methoxy groups -OCH3 is 1. The molecule has 0 spiro atoms. The summed E-state index contributed by atoms with van der Waals surface area (Å²) in [4.78, 5) is 5.68. The van der Waals surface area contributed by atoms with Crippen LogP contribution in [-0.4, -0.2) is 12.8 Å². The Balaban J connectivity index is 1.89. The van der Waals surface area contributed by atoms with E-state index in [-0.39, 0.29) is 0 Å². The third kappa shape index (κ3) is 6.00. The second-order valence-electron chi connectivity index (χ2n) is 6.50. The number of nitrogens with zero attached hydrogens (tertiary/aromatic N) is 1. The smallest absolute Gasteiger partial charge is 0.416 e. The minimum atomic E-state index is -4.37. The first-order chi connectivity index (χ1) is 14.3. The second kappa shape index (κ2) is 9.67. The van der Waals surface area contributed by atoms with E-state index in [0.717, 1.165) is 17.0 Å². The molecule has 3 aromatic rings. The number of hydrogen-bond acceptors (Lipinski definition) is 3. The molecule has 154 valence electrons. The van der Waals surface area contributed by atoms with Gasteiger partial charge in [0.25, 0.3) is 0 Å². The maximum absolute atomic E-state index is 12.9. The molecule has 0 N–H and O–H groups in total. The zero-order valence-electron chi connectivity index (χ0n) is 16.5. The summed E-state index contributed by atoms with van der Waals surface area (Å²) in [6.07, 6.45) is -2.57. The number of aliphatic imine (C=N–C) groups is 1. The van der Waals surface area contributed by atoms with Crippen molar-refractivity contribution in [3.63, 3.8) is 0 Å². The van der Waals surface area contributed by atoms with Crippen molar-refractivity contribution in [1.82, 2.24) is 0 Å². The van der Waals surface area contributed by atoms with Gasteiger partial charge in [-0.1, -0.05) is 41.6 Å². The summed E-state index contributed by atoms with van der Waals surface area (Å²) in [5, 5.41) is 1.88. The van der Waals surface area contributed by atoms with Crippen molar-refractivity contribution in [2.45, 2.75) is 18.0 Å². The van der Waals surface area contributed by atoms with E-state index in [1.807, 2.05) is 36.6 Å². The second-order valence-corrected chi connectivity index (χ2v) is 7.48. The third-order valence-electron chi connectivity index (χ3n) is 4.28. The van der Waals surface area contributed by atoms with Crippen molar-refractivity contribution in [2.24, 2.45) is 4.99 Å². The van der Waals surface area contributed by atoms with E-state index in [4.69, 9.17) is 4.74 Å². The molecule has 0 aliphatic heterocycles. The SMILES string of the molecule is COc1ccc(N=C(/C=C/Sc2ccc(C)cc2)c2ccc(C(F)(F)F)cc2)cc1. The molecule has 0 radical (unpaired) electrons. The van der Waals surface area contributed by atoms with Crippen LogP contribution in [0.3, 0.4) is 0 Å². The van der Waals surface area contributed by atoms with Crippen LogP contribution in [-0.2, 0) is 6.18 Å². The molecule has 3 aromatic carbocycles. The Morgan fingerprint density at radius 1 is 0.900 bits per heavy atom. The maximum atomic E-state index is 12.9. The minimum absolute atomic E-state index is 0.563. The first kappa shape index (κ1) is 21.7. The van der Waals surface area contributed by atoms with Gasteiger partial charge in [0, 0.05) is 10.5 Å². The van der Waals surface area contributed by atoms with Gasteiger partial charge in [0.05, 0.1) is 24.1 Å². The van der Waals surface area contributed by atoms with Gasteiger partial charge in [-0.3, -0.25) is 0 Å². The molecule has 0 amide bonds. The Morgan fingerprint density at radius 3 is 2.10 bits per heavy atom. The van der Waals surface area contributed by atoms with E-state index in [1.165, 1.54) is 29.5 Å². The molecule has 0 bridgehead atoms. The van der Waals surface area contributed by atoms with Gasteiger partial charge in [0.15, 0.2) is 0 Å². The molecular weight excluding hydrogens is 407 g/mol. The van der Waals surface area contributed by atoms with Crippen LogP contribution in [0.5, 0.6) is 5.75 Å². The fraction of sp³-hybridized carbons (Fsp3) is 0.125. The van der Waals surface area contributed by atoms with Crippen molar-refractivity contribution in [2.75, 3.05) is 7.11 Å². The highest BCUT2D eigenvalue weighted by molar-refractivity contribution is 8.02. The van der Waals surface area contributed by atoms with Crippen molar-refractivity contribution in [3.8, 4) is 5.75 Å². The monoisotopic (exact) mass is 427 g/mol. The van der Waals surface area contributed by atoms with E-state index < -0.39 is 11.7 Å². The topological polar surface area (TPSA) is 21.6 Å². The van der Waals surface area contributed by atoms with Crippen LogP contribution in [0.25, 0.3) is 0 Å². The van der Waals surface area contributed by atoms with Gasteiger partial charge < -0.3 is 4.74 Å². The van der Waals surface area contributed by atoms with Crippen LogP contribution in [0.4, 0.5) is 18.9 Å². The number of alkyl halides is 3. The zero-order valence-corrected chi connectivity index (χ0v) is 17.3. The van der Waals surface area contributed by atoms with Gasteiger partial charge in [-0.15, -0.1) is 0 Å². The molecule has 0 unspecified atom stereocenters. The van der Waals surface area contributed by atoms with Crippen molar-refractivity contribution in [1.29, 1.82) is 0 Å². The number of allylic oxidation sites excluding steroid dienone is 1. The molecule has 30 heavy (non-hydrogen) atoms. The molecule has 0 aliphatic carbocycles. The molecule has 2 nitrogen and oxygen atoms in total. The van der Waals surface area contributed by atoms with Gasteiger partial charge in [-0.05, 0) is 66.9 Å². The third-order valence-corrected chi connectivity index (χ3v) is 5.10. The molecule has 6 heteroatoms. The highest BCUT2D eigenvalue weighted by Gasteiger charge is 2.30. The van der Waals surface area contributed by atoms with Gasteiger partial charge in [0.2, 0.25) is 0 Å². The van der Waals surface area contributed by atoms with Crippen molar-refractivity contribution < 1.29 is 17.9 Å².